The summed E-state index contributed by atoms with van der Waals surface area (Å²) in [7, 11) is 0. The van der Waals surface area contributed by atoms with Crippen molar-refractivity contribution in [3.05, 3.63) is 63.6 Å². The Morgan fingerprint density at radius 1 is 0.872 bits per heavy atom. The molecule has 3 aromatic rings. The number of hydrogen-bond donors (Lipinski definition) is 3. The molecule has 3 amide bonds. The van der Waals surface area contributed by atoms with Crippen LogP contribution in [0.4, 0.5) is 16.4 Å². The van der Waals surface area contributed by atoms with Crippen molar-refractivity contribution in [1.82, 2.24) is 25.5 Å². The molecule has 0 aliphatic heterocycles. The van der Waals surface area contributed by atoms with E-state index in [1.807, 2.05) is 17.0 Å². The fourth-order valence-electron chi connectivity index (χ4n) is 6.02. The number of carbonyl (C=O) groups excluding carboxylic acids is 2. The fourth-order valence-corrected chi connectivity index (χ4v) is 6.55. The third-order valence-corrected chi connectivity index (χ3v) is 8.45. The first kappa shape index (κ1) is 27.4. The lowest BCUT2D eigenvalue weighted by Gasteiger charge is -2.40. The Kier molecular flexibility index (Phi) is 8.98. The molecule has 206 valence electrons. The van der Waals surface area contributed by atoms with E-state index in [-0.39, 0.29) is 23.9 Å². The maximum Gasteiger partial charge on any atom is 0.322 e. The molecule has 2 aromatic carbocycles. The second-order valence-corrected chi connectivity index (χ2v) is 11.4. The van der Waals surface area contributed by atoms with Crippen LogP contribution in [0.1, 0.15) is 73.7 Å². The number of hydrogen-bond acceptors (Lipinski definition) is 5. The van der Waals surface area contributed by atoms with E-state index in [9.17, 15) is 9.59 Å². The van der Waals surface area contributed by atoms with Crippen LogP contribution >= 0.6 is 23.2 Å². The average molecular weight is 571 g/mol. The molecule has 0 atom stereocenters. The van der Waals surface area contributed by atoms with Gasteiger partial charge < -0.3 is 10.2 Å². The number of halogens is 2. The minimum Gasteiger partial charge on any atom is -0.317 e. The summed E-state index contributed by atoms with van der Waals surface area (Å²) in [5, 5.41) is 19.7. The molecule has 0 unspecified atom stereocenters. The van der Waals surface area contributed by atoms with Gasteiger partial charge in [-0.3, -0.25) is 10.1 Å². The van der Waals surface area contributed by atoms with Gasteiger partial charge in [0.15, 0.2) is 0 Å². The van der Waals surface area contributed by atoms with Crippen LogP contribution < -0.4 is 10.6 Å². The van der Waals surface area contributed by atoms with Gasteiger partial charge in [-0.15, -0.1) is 5.10 Å². The normalized spacial score (nSPS) is 19.8. The van der Waals surface area contributed by atoms with Crippen molar-refractivity contribution >= 4 is 46.8 Å². The topological polar surface area (TPSA) is 116 Å². The summed E-state index contributed by atoms with van der Waals surface area (Å²) in [5.41, 5.74) is 1.95. The Balaban J connectivity index is 1.28. The predicted molar refractivity (Wildman–Crippen MR) is 152 cm³/mol. The third-order valence-electron chi connectivity index (χ3n) is 8.01. The smallest absolute Gasteiger partial charge is 0.317 e. The maximum atomic E-state index is 13.6. The predicted octanol–water partition coefficient (Wildman–Crippen LogP) is 6.93. The van der Waals surface area contributed by atoms with Crippen molar-refractivity contribution in [2.75, 3.05) is 10.6 Å². The van der Waals surface area contributed by atoms with Crippen LogP contribution in [-0.4, -0.2) is 43.5 Å². The summed E-state index contributed by atoms with van der Waals surface area (Å²) in [4.78, 5) is 28.0. The number of H-pyrrole nitrogens is 1. The Bertz CT molecular complexity index is 1240. The SMILES string of the molecule is O=C(Nc1nn[nH]n1)c1ccc(CN(C(=O)Nc2cc(Cl)cc(Cl)c2)[C@H]2CC[C@H](C3CCCCC3)CC2)cc1. The molecule has 3 N–H and O–H groups in total. The number of benzene rings is 2. The van der Waals surface area contributed by atoms with Crippen LogP contribution in [0, 0.1) is 11.8 Å². The van der Waals surface area contributed by atoms with E-state index >= 15 is 0 Å². The highest BCUT2D eigenvalue weighted by atomic mass is 35.5. The Hall–Kier alpha value is -3.17. The summed E-state index contributed by atoms with van der Waals surface area (Å²) in [5.74, 6) is 1.37. The van der Waals surface area contributed by atoms with Crippen LogP contribution in [0.25, 0.3) is 0 Å². The zero-order valence-electron chi connectivity index (χ0n) is 21.7. The maximum absolute atomic E-state index is 13.6. The van der Waals surface area contributed by atoms with E-state index in [2.05, 4.69) is 31.3 Å². The highest BCUT2D eigenvalue weighted by Crippen LogP contribution is 2.39. The van der Waals surface area contributed by atoms with Gasteiger partial charge in [0.05, 0.1) is 0 Å². The van der Waals surface area contributed by atoms with Gasteiger partial charge in [-0.25, -0.2) is 4.79 Å². The molecule has 0 spiro atoms. The number of aromatic nitrogens is 4. The molecule has 1 heterocycles. The summed E-state index contributed by atoms with van der Waals surface area (Å²) in [6.07, 6.45) is 11.0. The highest BCUT2D eigenvalue weighted by molar-refractivity contribution is 6.35. The second kappa shape index (κ2) is 12.8. The molecule has 0 bridgehead atoms. The van der Waals surface area contributed by atoms with Crippen LogP contribution in [0.3, 0.4) is 0 Å². The van der Waals surface area contributed by atoms with Crippen LogP contribution in [0.2, 0.25) is 10.0 Å². The van der Waals surface area contributed by atoms with E-state index in [0.717, 1.165) is 43.1 Å². The zero-order valence-corrected chi connectivity index (χ0v) is 23.2. The van der Waals surface area contributed by atoms with Crippen molar-refractivity contribution in [2.45, 2.75) is 70.4 Å². The Morgan fingerprint density at radius 3 is 2.18 bits per heavy atom. The van der Waals surface area contributed by atoms with Gasteiger partial charge in [0.1, 0.15) is 0 Å². The average Bonchev–Trinajstić information content (AvgIpc) is 3.45. The number of anilines is 2. The summed E-state index contributed by atoms with van der Waals surface area (Å²) in [6.45, 7) is 0.422. The van der Waals surface area contributed by atoms with Gasteiger partial charge in [-0.2, -0.15) is 5.21 Å². The lowest BCUT2D eigenvalue weighted by molar-refractivity contribution is 0.102. The lowest BCUT2D eigenvalue weighted by atomic mass is 9.72. The van der Waals surface area contributed by atoms with E-state index < -0.39 is 0 Å². The first-order valence-electron chi connectivity index (χ1n) is 13.6. The number of amides is 3. The van der Waals surface area contributed by atoms with Gasteiger partial charge in [0.2, 0.25) is 0 Å². The number of urea groups is 1. The van der Waals surface area contributed by atoms with Gasteiger partial charge >= 0.3 is 6.03 Å². The van der Waals surface area contributed by atoms with E-state index in [1.165, 1.54) is 32.1 Å². The molecule has 0 saturated heterocycles. The number of nitrogens with one attached hydrogen (secondary N) is 3. The molecule has 39 heavy (non-hydrogen) atoms. The number of aromatic amines is 1. The zero-order chi connectivity index (χ0) is 27.2. The molecule has 2 aliphatic carbocycles. The molecule has 2 fully saturated rings. The van der Waals surface area contributed by atoms with Crippen molar-refractivity contribution in [2.24, 2.45) is 11.8 Å². The van der Waals surface area contributed by atoms with Crippen molar-refractivity contribution in [3.63, 3.8) is 0 Å². The first-order valence-corrected chi connectivity index (χ1v) is 14.4. The summed E-state index contributed by atoms with van der Waals surface area (Å²) in [6, 6.07) is 12.2. The van der Waals surface area contributed by atoms with Gasteiger partial charge in [0.25, 0.3) is 11.9 Å². The summed E-state index contributed by atoms with van der Waals surface area (Å²) < 4.78 is 0. The largest absolute Gasteiger partial charge is 0.322 e. The molecule has 5 rings (SSSR count). The Labute approximate surface area is 238 Å². The van der Waals surface area contributed by atoms with E-state index in [0.29, 0.717) is 27.8 Å². The van der Waals surface area contributed by atoms with Gasteiger partial charge in [-0.05, 0) is 78.6 Å². The van der Waals surface area contributed by atoms with Gasteiger partial charge in [0, 0.05) is 33.9 Å². The first-order chi connectivity index (χ1) is 18.9. The monoisotopic (exact) mass is 569 g/mol. The highest BCUT2D eigenvalue weighted by Gasteiger charge is 2.33. The number of carbonyl (C=O) groups is 2. The van der Waals surface area contributed by atoms with Crippen molar-refractivity contribution in [1.29, 1.82) is 0 Å². The standard InChI is InChI=1S/C28H33Cl2N7O2/c29-22-14-23(30)16-24(15-22)31-28(39)37(25-12-10-20(11-13-25)19-4-2-1-3-5-19)17-18-6-8-21(9-7-18)26(38)32-27-33-35-36-34-27/h6-9,14-16,19-20,25H,1-5,10-13,17H2,(H,31,39)(H2,32,33,34,35,36,38)/t20-,25-. The van der Waals surface area contributed by atoms with Crippen molar-refractivity contribution in [3.8, 4) is 0 Å². The molecule has 2 aliphatic rings. The Morgan fingerprint density at radius 2 is 1.54 bits per heavy atom. The van der Waals surface area contributed by atoms with Gasteiger partial charge in [-0.1, -0.05) is 72.5 Å². The lowest BCUT2D eigenvalue weighted by Crippen LogP contribution is -2.44. The van der Waals surface area contributed by atoms with E-state index in [4.69, 9.17) is 23.2 Å². The van der Waals surface area contributed by atoms with Crippen LogP contribution in [-0.2, 0) is 6.54 Å². The molecular formula is C28H33Cl2N7O2. The molecular weight excluding hydrogens is 537 g/mol. The quantitative estimate of drug-likeness (QED) is 0.285. The minimum atomic E-state index is -0.337. The molecule has 11 heteroatoms. The van der Waals surface area contributed by atoms with E-state index in [1.54, 1.807) is 30.3 Å². The fraction of sp³-hybridized carbons (Fsp3) is 0.464. The third kappa shape index (κ3) is 7.28. The molecule has 0 radical (unpaired) electrons. The number of nitrogens with zero attached hydrogens (tertiary/aromatic N) is 4. The number of tetrazole rings is 1. The van der Waals surface area contributed by atoms with Crippen LogP contribution in [0.15, 0.2) is 42.5 Å². The second-order valence-electron chi connectivity index (χ2n) is 10.6. The van der Waals surface area contributed by atoms with Crippen LogP contribution in [0.5, 0.6) is 0 Å². The number of rotatable bonds is 7. The van der Waals surface area contributed by atoms with Crippen molar-refractivity contribution < 1.29 is 9.59 Å². The molecule has 2 saturated carbocycles. The molecule has 9 nitrogen and oxygen atoms in total. The molecule has 1 aromatic heterocycles. The minimum absolute atomic E-state index is 0.108. The summed E-state index contributed by atoms with van der Waals surface area (Å²) >= 11 is 12.3.